The monoisotopic (exact) mass is 282 g/mol. The molecule has 2 saturated carbocycles. The zero-order valence-corrected chi connectivity index (χ0v) is 14.0. The molecule has 2 fully saturated rings. The summed E-state index contributed by atoms with van der Waals surface area (Å²) < 4.78 is 0. The van der Waals surface area contributed by atoms with Gasteiger partial charge in [0.05, 0.1) is 0 Å². The molecular formula is C21H30. The molecule has 6 atom stereocenters. The minimum absolute atomic E-state index is 0.362. The van der Waals surface area contributed by atoms with Gasteiger partial charge in [-0.25, -0.2) is 0 Å². The predicted molar refractivity (Wildman–Crippen MR) is 89.9 cm³/mol. The largest absolute Gasteiger partial charge is 0.0993 e. The van der Waals surface area contributed by atoms with Crippen LogP contribution in [0.1, 0.15) is 59.3 Å². The van der Waals surface area contributed by atoms with Crippen LogP contribution in [0.2, 0.25) is 0 Å². The van der Waals surface area contributed by atoms with Crippen molar-refractivity contribution in [1.29, 1.82) is 0 Å². The first-order chi connectivity index (χ1) is 9.95. The highest BCUT2D eigenvalue weighted by Crippen LogP contribution is 2.65. The molecule has 0 N–H and O–H groups in total. The third-order valence-corrected chi connectivity index (χ3v) is 7.80. The molecule has 0 radical (unpaired) electrons. The van der Waals surface area contributed by atoms with Crippen molar-refractivity contribution in [3.63, 3.8) is 0 Å². The molecule has 0 aliphatic heterocycles. The summed E-state index contributed by atoms with van der Waals surface area (Å²) in [6.45, 7) is 11.8. The average Bonchev–Trinajstić information content (AvgIpc) is 2.76. The van der Waals surface area contributed by atoms with E-state index in [-0.39, 0.29) is 0 Å². The van der Waals surface area contributed by atoms with Gasteiger partial charge in [-0.1, -0.05) is 56.7 Å². The third-order valence-electron chi connectivity index (χ3n) is 7.80. The Hall–Kier alpha value is -0.780. The van der Waals surface area contributed by atoms with Crippen LogP contribution in [-0.4, -0.2) is 0 Å². The average molecular weight is 282 g/mol. The fourth-order valence-corrected chi connectivity index (χ4v) is 6.32. The van der Waals surface area contributed by atoms with Crippen LogP contribution in [0, 0.1) is 34.5 Å². The van der Waals surface area contributed by atoms with Crippen LogP contribution >= 0.6 is 0 Å². The highest BCUT2D eigenvalue weighted by Gasteiger charge is 2.55. The van der Waals surface area contributed by atoms with Crippen LogP contribution in [-0.2, 0) is 0 Å². The predicted octanol–water partition coefficient (Wildman–Crippen LogP) is 5.92. The number of allylic oxidation sites excluding steroid dienone is 5. The van der Waals surface area contributed by atoms with Gasteiger partial charge >= 0.3 is 0 Å². The Bertz CT molecular complexity index is 536. The normalized spacial score (nSPS) is 52.0. The maximum Gasteiger partial charge on any atom is 0.00938 e. The lowest BCUT2D eigenvalue weighted by atomic mass is 9.49. The maximum absolute atomic E-state index is 4.43. The Kier molecular flexibility index (Phi) is 2.88. The molecule has 0 amide bonds. The van der Waals surface area contributed by atoms with E-state index in [4.69, 9.17) is 0 Å². The van der Waals surface area contributed by atoms with Gasteiger partial charge in [-0.3, -0.25) is 0 Å². The molecule has 21 heavy (non-hydrogen) atoms. The molecule has 114 valence electrons. The first-order valence-corrected chi connectivity index (χ1v) is 9.02. The van der Waals surface area contributed by atoms with Crippen LogP contribution in [0.3, 0.4) is 0 Å². The van der Waals surface area contributed by atoms with Gasteiger partial charge in [0.1, 0.15) is 0 Å². The van der Waals surface area contributed by atoms with Crippen LogP contribution in [0.5, 0.6) is 0 Å². The molecule has 0 nitrogen and oxygen atoms in total. The van der Waals surface area contributed by atoms with E-state index in [0.29, 0.717) is 10.8 Å². The second-order valence-electron chi connectivity index (χ2n) is 8.76. The Labute approximate surface area is 130 Å². The van der Waals surface area contributed by atoms with Crippen molar-refractivity contribution in [2.75, 3.05) is 0 Å². The number of fused-ring (bicyclic) bond motifs is 5. The number of hydrogen-bond acceptors (Lipinski definition) is 0. The van der Waals surface area contributed by atoms with Crippen molar-refractivity contribution >= 4 is 0 Å². The SMILES string of the molecule is C=C1CCC2C3CC=C4CC(C)C=CC4(C)C3CCC12C. The maximum atomic E-state index is 4.43. The molecule has 0 heterocycles. The van der Waals surface area contributed by atoms with E-state index < -0.39 is 0 Å². The van der Waals surface area contributed by atoms with Crippen molar-refractivity contribution in [2.24, 2.45) is 34.5 Å². The smallest absolute Gasteiger partial charge is 0.00938 e. The zero-order valence-electron chi connectivity index (χ0n) is 14.0. The molecule has 0 aromatic carbocycles. The summed E-state index contributed by atoms with van der Waals surface area (Å²) in [7, 11) is 0. The molecule has 4 rings (SSSR count). The van der Waals surface area contributed by atoms with Gasteiger partial charge in [-0.2, -0.15) is 0 Å². The van der Waals surface area contributed by atoms with Gasteiger partial charge in [0.15, 0.2) is 0 Å². The van der Waals surface area contributed by atoms with Gasteiger partial charge in [0.25, 0.3) is 0 Å². The lowest BCUT2D eigenvalue weighted by Gasteiger charge is -2.56. The van der Waals surface area contributed by atoms with Crippen molar-refractivity contribution in [3.8, 4) is 0 Å². The molecular weight excluding hydrogens is 252 g/mol. The molecule has 0 heteroatoms. The second-order valence-corrected chi connectivity index (χ2v) is 8.76. The summed E-state index contributed by atoms with van der Waals surface area (Å²) in [6, 6.07) is 0. The molecule has 4 aliphatic carbocycles. The van der Waals surface area contributed by atoms with Crippen LogP contribution in [0.4, 0.5) is 0 Å². The summed E-state index contributed by atoms with van der Waals surface area (Å²) in [5.41, 5.74) is 4.12. The fourth-order valence-electron chi connectivity index (χ4n) is 6.32. The van der Waals surface area contributed by atoms with Gasteiger partial charge in [-0.15, -0.1) is 0 Å². The molecule has 0 aromatic heterocycles. The highest BCUT2D eigenvalue weighted by atomic mass is 14.6. The van der Waals surface area contributed by atoms with Gasteiger partial charge < -0.3 is 0 Å². The minimum Gasteiger partial charge on any atom is -0.0993 e. The van der Waals surface area contributed by atoms with E-state index in [9.17, 15) is 0 Å². The molecule has 0 spiro atoms. The van der Waals surface area contributed by atoms with Crippen molar-refractivity contribution in [2.45, 2.75) is 59.3 Å². The molecule has 0 saturated heterocycles. The summed E-state index contributed by atoms with van der Waals surface area (Å²) >= 11 is 0. The third kappa shape index (κ3) is 1.74. The molecule has 0 aromatic rings. The number of hydrogen-bond donors (Lipinski definition) is 0. The summed E-state index contributed by atoms with van der Waals surface area (Å²) in [4.78, 5) is 0. The van der Waals surface area contributed by atoms with Crippen LogP contribution < -0.4 is 0 Å². The van der Waals surface area contributed by atoms with Crippen molar-refractivity contribution < 1.29 is 0 Å². The Balaban J connectivity index is 1.72. The van der Waals surface area contributed by atoms with E-state index >= 15 is 0 Å². The summed E-state index contributed by atoms with van der Waals surface area (Å²) in [6.07, 6.45) is 15.8. The quantitative estimate of drug-likeness (QED) is 0.484. The van der Waals surface area contributed by atoms with E-state index in [0.717, 1.165) is 23.7 Å². The van der Waals surface area contributed by atoms with E-state index in [1.165, 1.54) is 38.5 Å². The molecule has 0 bridgehead atoms. The Morgan fingerprint density at radius 2 is 2.00 bits per heavy atom. The zero-order chi connectivity index (χ0) is 14.8. The first-order valence-electron chi connectivity index (χ1n) is 9.02. The van der Waals surface area contributed by atoms with Crippen LogP contribution in [0.25, 0.3) is 0 Å². The van der Waals surface area contributed by atoms with E-state index in [1.54, 1.807) is 11.1 Å². The van der Waals surface area contributed by atoms with Crippen molar-refractivity contribution in [3.05, 3.63) is 36.0 Å². The summed E-state index contributed by atoms with van der Waals surface area (Å²) in [5, 5.41) is 0. The lowest BCUT2D eigenvalue weighted by molar-refractivity contribution is 0.0108. The van der Waals surface area contributed by atoms with Crippen LogP contribution in [0.15, 0.2) is 36.0 Å². The molecule has 6 unspecified atom stereocenters. The van der Waals surface area contributed by atoms with Gasteiger partial charge in [0.2, 0.25) is 0 Å². The fraction of sp³-hybridized carbons (Fsp3) is 0.714. The van der Waals surface area contributed by atoms with E-state index in [1.807, 2.05) is 0 Å². The Morgan fingerprint density at radius 1 is 1.19 bits per heavy atom. The second kappa shape index (κ2) is 4.37. The molecule has 4 aliphatic rings. The topological polar surface area (TPSA) is 0 Å². The first kappa shape index (κ1) is 13.9. The van der Waals surface area contributed by atoms with Gasteiger partial charge in [0, 0.05) is 5.41 Å². The van der Waals surface area contributed by atoms with Crippen molar-refractivity contribution in [1.82, 2.24) is 0 Å². The van der Waals surface area contributed by atoms with E-state index in [2.05, 4.69) is 45.6 Å². The number of rotatable bonds is 0. The van der Waals surface area contributed by atoms with Gasteiger partial charge in [-0.05, 0) is 67.6 Å². The Morgan fingerprint density at radius 3 is 2.81 bits per heavy atom. The summed E-state index contributed by atoms with van der Waals surface area (Å²) in [5.74, 6) is 3.41. The minimum atomic E-state index is 0.362. The lowest BCUT2D eigenvalue weighted by Crippen LogP contribution is -2.47. The highest BCUT2D eigenvalue weighted by molar-refractivity contribution is 5.33. The standard InChI is InChI=1S/C21H30/c1-14-9-11-21(4)16(13-14)6-7-17-18-8-5-15(2)20(18,3)12-10-19(17)21/h6,9,11,14,17-19H,2,5,7-8,10,12-13H2,1,3-4H3.